The first-order valence-electron chi connectivity index (χ1n) is 2.24. The minimum Gasteiger partial charge on any atom is -0.260 e. The lowest BCUT2D eigenvalue weighted by molar-refractivity contribution is 0.626. The SMILES string of the molecule is O=S1CC(CCl)C1. The summed E-state index contributed by atoms with van der Waals surface area (Å²) in [7, 11) is -0.506. The maximum atomic E-state index is 10.3. The highest BCUT2D eigenvalue weighted by Gasteiger charge is 2.23. The van der Waals surface area contributed by atoms with Crippen molar-refractivity contribution in [1.29, 1.82) is 0 Å². The van der Waals surface area contributed by atoms with Gasteiger partial charge in [0.05, 0.1) is 0 Å². The van der Waals surface area contributed by atoms with Crippen LogP contribution in [0.5, 0.6) is 0 Å². The smallest absolute Gasteiger partial charge is 0.0283 e. The third-order valence-electron chi connectivity index (χ3n) is 1.06. The van der Waals surface area contributed by atoms with Crippen molar-refractivity contribution in [3.8, 4) is 0 Å². The lowest BCUT2D eigenvalue weighted by Gasteiger charge is -2.21. The Bertz CT molecular complexity index is 85.7. The molecule has 0 spiro atoms. The molecule has 0 aromatic heterocycles. The zero-order valence-electron chi connectivity index (χ0n) is 3.89. The fraction of sp³-hybridized carbons (Fsp3) is 1.00. The van der Waals surface area contributed by atoms with E-state index in [0.29, 0.717) is 11.8 Å². The van der Waals surface area contributed by atoms with Crippen molar-refractivity contribution in [2.24, 2.45) is 5.92 Å². The predicted molar refractivity (Wildman–Crippen MR) is 32.1 cm³/mol. The molecule has 0 radical (unpaired) electrons. The molecule has 42 valence electrons. The Kier molecular flexibility index (Phi) is 1.70. The van der Waals surface area contributed by atoms with Gasteiger partial charge in [0, 0.05) is 28.2 Å². The van der Waals surface area contributed by atoms with E-state index in [1.54, 1.807) is 0 Å². The summed E-state index contributed by atoms with van der Waals surface area (Å²) in [4.78, 5) is 0. The first-order valence-corrected chi connectivity index (χ1v) is 4.26. The fourth-order valence-corrected chi connectivity index (χ4v) is 2.23. The van der Waals surface area contributed by atoms with Gasteiger partial charge in [-0.25, -0.2) is 0 Å². The van der Waals surface area contributed by atoms with E-state index >= 15 is 0 Å². The third-order valence-corrected chi connectivity index (χ3v) is 3.18. The molecular weight excluding hydrogens is 132 g/mol. The molecule has 0 amide bonds. The third kappa shape index (κ3) is 1.16. The quantitative estimate of drug-likeness (QED) is 0.485. The zero-order chi connectivity index (χ0) is 5.28. The Morgan fingerprint density at radius 3 is 2.43 bits per heavy atom. The van der Waals surface area contributed by atoms with Gasteiger partial charge in [0.2, 0.25) is 0 Å². The van der Waals surface area contributed by atoms with Gasteiger partial charge >= 0.3 is 0 Å². The Labute approximate surface area is 50.5 Å². The number of halogens is 1. The average Bonchev–Trinajstić information content (AvgIpc) is 1.58. The minimum atomic E-state index is -0.506. The average molecular weight is 139 g/mol. The van der Waals surface area contributed by atoms with Crippen molar-refractivity contribution in [1.82, 2.24) is 0 Å². The zero-order valence-corrected chi connectivity index (χ0v) is 5.47. The summed E-state index contributed by atoms with van der Waals surface area (Å²) in [5, 5.41) is 0. The van der Waals surface area contributed by atoms with Crippen molar-refractivity contribution >= 4 is 22.4 Å². The number of hydrogen-bond donors (Lipinski definition) is 0. The molecule has 0 aromatic carbocycles. The lowest BCUT2D eigenvalue weighted by Crippen LogP contribution is -2.31. The molecule has 1 saturated heterocycles. The molecule has 0 N–H and O–H groups in total. The van der Waals surface area contributed by atoms with E-state index in [-0.39, 0.29) is 0 Å². The highest BCUT2D eigenvalue weighted by Crippen LogP contribution is 2.14. The largest absolute Gasteiger partial charge is 0.260 e. The molecule has 0 atom stereocenters. The minimum absolute atomic E-state index is 0.506. The van der Waals surface area contributed by atoms with Gasteiger partial charge in [0.25, 0.3) is 0 Å². The molecule has 3 heteroatoms. The highest BCUT2D eigenvalue weighted by atomic mass is 35.5. The summed E-state index contributed by atoms with van der Waals surface area (Å²) in [6.07, 6.45) is 0. The number of alkyl halides is 1. The van der Waals surface area contributed by atoms with Crippen molar-refractivity contribution in [2.75, 3.05) is 17.4 Å². The van der Waals surface area contributed by atoms with Gasteiger partial charge in [-0.15, -0.1) is 11.6 Å². The molecule has 0 bridgehead atoms. The van der Waals surface area contributed by atoms with Crippen LogP contribution in [-0.2, 0) is 10.8 Å². The normalized spacial score (nSPS) is 40.1. The van der Waals surface area contributed by atoms with Gasteiger partial charge in [-0.2, -0.15) is 0 Å². The Balaban J connectivity index is 2.17. The number of hydrogen-bond acceptors (Lipinski definition) is 1. The van der Waals surface area contributed by atoms with Crippen LogP contribution in [0.1, 0.15) is 0 Å². The van der Waals surface area contributed by atoms with Gasteiger partial charge in [0.1, 0.15) is 0 Å². The van der Waals surface area contributed by atoms with E-state index in [2.05, 4.69) is 0 Å². The van der Waals surface area contributed by atoms with E-state index in [1.807, 2.05) is 0 Å². The summed E-state index contributed by atoms with van der Waals surface area (Å²) < 4.78 is 10.3. The molecule has 1 heterocycles. The van der Waals surface area contributed by atoms with Gasteiger partial charge < -0.3 is 0 Å². The van der Waals surface area contributed by atoms with Gasteiger partial charge in [-0.3, -0.25) is 4.21 Å². The van der Waals surface area contributed by atoms with Crippen LogP contribution in [0.25, 0.3) is 0 Å². The molecule has 7 heavy (non-hydrogen) atoms. The maximum Gasteiger partial charge on any atom is 0.0283 e. The molecule has 0 unspecified atom stereocenters. The van der Waals surface area contributed by atoms with Crippen molar-refractivity contribution in [2.45, 2.75) is 0 Å². The topological polar surface area (TPSA) is 17.1 Å². The van der Waals surface area contributed by atoms with E-state index in [4.69, 9.17) is 11.6 Å². The van der Waals surface area contributed by atoms with E-state index in [9.17, 15) is 4.21 Å². The van der Waals surface area contributed by atoms with Crippen LogP contribution in [0, 0.1) is 5.92 Å². The summed E-state index contributed by atoms with van der Waals surface area (Å²) >= 11 is 5.43. The molecule has 1 aliphatic rings. The first kappa shape index (κ1) is 5.57. The predicted octanol–water partition coefficient (Wildman–Crippen LogP) is 0.604. The second-order valence-corrected chi connectivity index (χ2v) is 3.65. The molecular formula is C4H7ClOS. The Hall–Kier alpha value is 0.440. The van der Waals surface area contributed by atoms with E-state index in [1.165, 1.54) is 0 Å². The second kappa shape index (κ2) is 2.14. The second-order valence-electron chi connectivity index (χ2n) is 1.79. The Morgan fingerprint density at radius 1 is 1.71 bits per heavy atom. The van der Waals surface area contributed by atoms with Crippen LogP contribution in [0.4, 0.5) is 0 Å². The summed E-state index contributed by atoms with van der Waals surface area (Å²) in [6.45, 7) is 0. The summed E-state index contributed by atoms with van der Waals surface area (Å²) in [5.41, 5.74) is 0. The van der Waals surface area contributed by atoms with Gasteiger partial charge in [-0.05, 0) is 5.92 Å². The molecule has 0 aromatic rings. The lowest BCUT2D eigenvalue weighted by atomic mass is 10.2. The molecule has 1 nitrogen and oxygen atoms in total. The molecule has 1 aliphatic heterocycles. The van der Waals surface area contributed by atoms with E-state index in [0.717, 1.165) is 11.5 Å². The van der Waals surface area contributed by atoms with Crippen LogP contribution in [0.2, 0.25) is 0 Å². The van der Waals surface area contributed by atoms with Gasteiger partial charge in [-0.1, -0.05) is 0 Å². The van der Waals surface area contributed by atoms with Crippen LogP contribution in [0.3, 0.4) is 0 Å². The van der Waals surface area contributed by atoms with Crippen LogP contribution in [0.15, 0.2) is 0 Å². The van der Waals surface area contributed by atoms with Gasteiger partial charge in [0.15, 0.2) is 0 Å². The standard InChI is InChI=1S/C4H7ClOS/c5-1-4-2-7(6)3-4/h4H,1-3H2. The highest BCUT2D eigenvalue weighted by molar-refractivity contribution is 7.86. The van der Waals surface area contributed by atoms with Crippen molar-refractivity contribution < 1.29 is 4.21 Å². The molecule has 0 aliphatic carbocycles. The van der Waals surface area contributed by atoms with Crippen LogP contribution in [-0.4, -0.2) is 21.6 Å². The van der Waals surface area contributed by atoms with Crippen molar-refractivity contribution in [3.63, 3.8) is 0 Å². The maximum absolute atomic E-state index is 10.3. The van der Waals surface area contributed by atoms with Crippen molar-refractivity contribution in [3.05, 3.63) is 0 Å². The molecule has 0 saturated carbocycles. The Morgan fingerprint density at radius 2 is 2.29 bits per heavy atom. The monoisotopic (exact) mass is 138 g/mol. The van der Waals surface area contributed by atoms with E-state index < -0.39 is 10.8 Å². The number of rotatable bonds is 1. The summed E-state index contributed by atoms with van der Waals surface area (Å²) in [6, 6.07) is 0. The first-order chi connectivity index (χ1) is 3.33. The van der Waals surface area contributed by atoms with Crippen LogP contribution < -0.4 is 0 Å². The molecule has 1 fully saturated rings. The fourth-order valence-electron chi connectivity index (χ4n) is 0.566. The summed E-state index contributed by atoms with van der Waals surface area (Å²) in [5.74, 6) is 2.92. The van der Waals surface area contributed by atoms with Crippen LogP contribution >= 0.6 is 11.6 Å². The molecule has 1 rings (SSSR count).